The number of benzene rings is 1. The smallest absolute Gasteiger partial charge is 0.242 e. The normalized spacial score (nSPS) is 13.5. The van der Waals surface area contributed by atoms with Gasteiger partial charge in [0.05, 0.1) is 24.7 Å². The van der Waals surface area contributed by atoms with Crippen LogP contribution in [-0.2, 0) is 10.0 Å². The Balaban J connectivity index is 2.60. The summed E-state index contributed by atoms with van der Waals surface area (Å²) in [6.07, 6.45) is 1.81. The zero-order chi connectivity index (χ0) is 16.8. The Kier molecular flexibility index (Phi) is 8.35. The minimum atomic E-state index is -3.58. The third-order valence-corrected chi connectivity index (χ3v) is 6.27. The first-order chi connectivity index (χ1) is 10.3. The third-order valence-electron chi connectivity index (χ3n) is 3.71. The molecule has 22 heavy (non-hydrogen) atoms. The second kappa shape index (κ2) is 9.23. The molecule has 0 saturated carbocycles. The van der Waals surface area contributed by atoms with Gasteiger partial charge in [0.2, 0.25) is 10.0 Å². The van der Waals surface area contributed by atoms with E-state index in [1.165, 1.54) is 11.0 Å². The minimum absolute atomic E-state index is 0.111. The third kappa shape index (κ3) is 6.16. The van der Waals surface area contributed by atoms with Crippen LogP contribution in [0.5, 0.6) is 0 Å². The molecule has 0 spiro atoms. The molecule has 4 nitrogen and oxygen atoms in total. The molecule has 0 amide bonds. The average Bonchev–Trinajstić information content (AvgIpc) is 2.42. The highest BCUT2D eigenvalue weighted by Gasteiger charge is 2.20. The first kappa shape index (κ1) is 19.9. The molecule has 0 radical (unpaired) electrons. The largest absolute Gasteiger partial charge is 0.335 e. The van der Waals surface area contributed by atoms with E-state index in [4.69, 9.17) is 11.6 Å². The summed E-state index contributed by atoms with van der Waals surface area (Å²) in [7, 11) is -3.58. The molecule has 1 aromatic rings. The Bertz CT molecular complexity index is 577. The SMILES string of the molecule is CC[NH+](CC)CCC[C@@H](C)NS(=O)(=O)c1ccc(Br)cc1Cl. The van der Waals surface area contributed by atoms with Crippen LogP contribution in [0.3, 0.4) is 0 Å². The summed E-state index contributed by atoms with van der Waals surface area (Å²) in [5.74, 6) is 0. The molecule has 0 bridgehead atoms. The van der Waals surface area contributed by atoms with Crippen LogP contribution in [0.2, 0.25) is 5.02 Å². The maximum atomic E-state index is 12.4. The second-order valence-electron chi connectivity index (χ2n) is 5.45. The van der Waals surface area contributed by atoms with Crippen molar-refractivity contribution >= 4 is 37.6 Å². The van der Waals surface area contributed by atoms with Gasteiger partial charge in [-0.3, -0.25) is 0 Å². The van der Waals surface area contributed by atoms with Crippen molar-refractivity contribution in [3.05, 3.63) is 27.7 Å². The molecule has 0 aromatic heterocycles. The van der Waals surface area contributed by atoms with Crippen molar-refractivity contribution in [1.82, 2.24) is 4.72 Å². The Labute approximate surface area is 147 Å². The lowest BCUT2D eigenvalue weighted by molar-refractivity contribution is -0.896. The molecule has 0 saturated heterocycles. The topological polar surface area (TPSA) is 50.6 Å². The number of quaternary nitrogens is 1. The van der Waals surface area contributed by atoms with E-state index in [0.717, 1.165) is 36.9 Å². The summed E-state index contributed by atoms with van der Waals surface area (Å²) in [6.45, 7) is 9.50. The monoisotopic (exact) mass is 411 g/mol. The van der Waals surface area contributed by atoms with Gasteiger partial charge in [-0.2, -0.15) is 0 Å². The first-order valence-corrected chi connectivity index (χ1v) is 10.3. The van der Waals surface area contributed by atoms with Gasteiger partial charge < -0.3 is 4.90 Å². The second-order valence-corrected chi connectivity index (χ2v) is 8.45. The van der Waals surface area contributed by atoms with Gasteiger partial charge in [-0.1, -0.05) is 27.5 Å². The maximum absolute atomic E-state index is 12.4. The van der Waals surface area contributed by atoms with E-state index < -0.39 is 10.0 Å². The molecule has 0 fully saturated rings. The summed E-state index contributed by atoms with van der Waals surface area (Å²) >= 11 is 9.30. The molecule has 2 N–H and O–H groups in total. The number of hydrogen-bond donors (Lipinski definition) is 2. The van der Waals surface area contributed by atoms with E-state index in [1.54, 1.807) is 12.1 Å². The fraction of sp³-hybridized carbons (Fsp3) is 0.600. The van der Waals surface area contributed by atoms with Crippen molar-refractivity contribution in [1.29, 1.82) is 0 Å². The Morgan fingerprint density at radius 3 is 2.50 bits per heavy atom. The molecule has 1 aromatic carbocycles. The van der Waals surface area contributed by atoms with E-state index >= 15 is 0 Å². The number of rotatable bonds is 9. The highest BCUT2D eigenvalue weighted by molar-refractivity contribution is 9.10. The average molecular weight is 413 g/mol. The van der Waals surface area contributed by atoms with Crippen LogP contribution in [0.25, 0.3) is 0 Å². The zero-order valence-electron chi connectivity index (χ0n) is 13.3. The van der Waals surface area contributed by atoms with Crippen LogP contribution >= 0.6 is 27.5 Å². The molecule has 0 unspecified atom stereocenters. The van der Waals surface area contributed by atoms with Gasteiger partial charge in [0.25, 0.3) is 0 Å². The molecular formula is C15H25BrClN2O2S+. The molecule has 1 rings (SSSR count). The van der Waals surface area contributed by atoms with E-state index in [0.29, 0.717) is 0 Å². The van der Waals surface area contributed by atoms with Gasteiger partial charge in [-0.05, 0) is 51.8 Å². The number of halogens is 2. The van der Waals surface area contributed by atoms with Crippen LogP contribution in [0.4, 0.5) is 0 Å². The van der Waals surface area contributed by atoms with Gasteiger partial charge in [0, 0.05) is 10.5 Å². The Morgan fingerprint density at radius 1 is 1.32 bits per heavy atom. The molecule has 7 heteroatoms. The van der Waals surface area contributed by atoms with Crippen molar-refractivity contribution in [3.63, 3.8) is 0 Å². The molecule has 126 valence electrons. The van der Waals surface area contributed by atoms with Gasteiger partial charge in [0.1, 0.15) is 4.90 Å². The Morgan fingerprint density at radius 2 is 1.95 bits per heavy atom. The van der Waals surface area contributed by atoms with E-state index in [9.17, 15) is 8.42 Å². The molecular weight excluding hydrogens is 388 g/mol. The van der Waals surface area contributed by atoms with Crippen LogP contribution in [-0.4, -0.2) is 34.1 Å². The Hall–Kier alpha value is -0.140. The van der Waals surface area contributed by atoms with Gasteiger partial charge >= 0.3 is 0 Å². The fourth-order valence-electron chi connectivity index (χ4n) is 2.34. The van der Waals surface area contributed by atoms with Gasteiger partial charge in [0.15, 0.2) is 0 Å². The van der Waals surface area contributed by atoms with E-state index in [-0.39, 0.29) is 16.0 Å². The standard InChI is InChI=1S/C15H24BrClN2O2S/c1-4-19(5-2)10-6-7-12(3)18-22(20,21)15-9-8-13(16)11-14(15)17/h8-9,11-12,18H,4-7,10H2,1-3H3/p+1/t12-/m1/s1. The first-order valence-electron chi connectivity index (χ1n) is 7.61. The lowest BCUT2D eigenvalue weighted by Gasteiger charge is -2.18. The van der Waals surface area contributed by atoms with Crippen molar-refractivity contribution in [2.24, 2.45) is 0 Å². The summed E-state index contributed by atoms with van der Waals surface area (Å²) < 4.78 is 28.2. The molecule has 0 aliphatic carbocycles. The van der Waals surface area contributed by atoms with Gasteiger partial charge in [-0.15, -0.1) is 0 Å². The van der Waals surface area contributed by atoms with E-state index in [2.05, 4.69) is 34.5 Å². The molecule has 0 heterocycles. The predicted octanol–water partition coefficient (Wildman–Crippen LogP) is 2.47. The molecule has 0 aliphatic rings. The van der Waals surface area contributed by atoms with Crippen molar-refractivity contribution < 1.29 is 13.3 Å². The number of sulfonamides is 1. The number of nitrogens with one attached hydrogen (secondary N) is 2. The highest BCUT2D eigenvalue weighted by Crippen LogP contribution is 2.25. The summed E-state index contributed by atoms with van der Waals surface area (Å²) in [5.41, 5.74) is 0. The lowest BCUT2D eigenvalue weighted by Crippen LogP contribution is -3.11. The quantitative estimate of drug-likeness (QED) is 0.654. The van der Waals surface area contributed by atoms with Crippen LogP contribution in [0.15, 0.2) is 27.6 Å². The van der Waals surface area contributed by atoms with Crippen molar-refractivity contribution in [2.45, 2.75) is 44.6 Å². The van der Waals surface area contributed by atoms with Crippen LogP contribution in [0.1, 0.15) is 33.6 Å². The molecule has 0 aliphatic heterocycles. The van der Waals surface area contributed by atoms with Crippen molar-refractivity contribution in [2.75, 3.05) is 19.6 Å². The summed E-state index contributed by atoms with van der Waals surface area (Å²) in [5, 5.41) is 0.224. The maximum Gasteiger partial charge on any atom is 0.242 e. The van der Waals surface area contributed by atoms with Crippen LogP contribution < -0.4 is 9.62 Å². The summed E-state index contributed by atoms with van der Waals surface area (Å²) in [4.78, 5) is 1.66. The van der Waals surface area contributed by atoms with Crippen molar-refractivity contribution in [3.8, 4) is 0 Å². The number of hydrogen-bond acceptors (Lipinski definition) is 2. The zero-order valence-corrected chi connectivity index (χ0v) is 16.5. The van der Waals surface area contributed by atoms with Crippen LogP contribution in [0, 0.1) is 0 Å². The summed E-state index contributed by atoms with van der Waals surface area (Å²) in [6, 6.07) is 4.67. The lowest BCUT2D eigenvalue weighted by atomic mass is 10.2. The molecule has 1 atom stereocenters. The van der Waals surface area contributed by atoms with E-state index in [1.807, 2.05) is 6.92 Å². The predicted molar refractivity (Wildman–Crippen MR) is 95.1 cm³/mol. The van der Waals surface area contributed by atoms with Gasteiger partial charge in [-0.25, -0.2) is 13.1 Å². The fourth-order valence-corrected chi connectivity index (χ4v) is 4.66. The minimum Gasteiger partial charge on any atom is -0.335 e. The highest BCUT2D eigenvalue weighted by atomic mass is 79.9.